The first-order valence-electron chi connectivity index (χ1n) is 7.68. The first-order valence-corrected chi connectivity index (χ1v) is 10.4. The van der Waals surface area contributed by atoms with Gasteiger partial charge in [0.1, 0.15) is 0 Å². The Bertz CT molecular complexity index is 757. The van der Waals surface area contributed by atoms with Crippen LogP contribution in [-0.2, 0) is 26.0 Å². The molecule has 1 aliphatic carbocycles. The Morgan fingerprint density at radius 1 is 1.48 bits per heavy atom. The van der Waals surface area contributed by atoms with Gasteiger partial charge in [0.2, 0.25) is 10.0 Å². The predicted octanol–water partition coefficient (Wildman–Crippen LogP) is 3.19. The maximum Gasteiger partial charge on any atom is 0.312 e. The molecule has 9 heteroatoms. The molecule has 0 heterocycles. The molecular weight excluding hydrogens is 420 g/mol. The van der Waals surface area contributed by atoms with Gasteiger partial charge in [-0.1, -0.05) is 28.1 Å². The zero-order valence-corrected chi connectivity index (χ0v) is 16.3. The van der Waals surface area contributed by atoms with Gasteiger partial charge in [0.05, 0.1) is 18.8 Å². The number of hydrogen-bond acceptors (Lipinski definition) is 4. The van der Waals surface area contributed by atoms with Gasteiger partial charge in [-0.2, -0.15) is 0 Å². The lowest BCUT2D eigenvalue weighted by Crippen LogP contribution is -2.37. The molecule has 1 N–H and O–H groups in total. The van der Waals surface area contributed by atoms with Gasteiger partial charge in [-0.05, 0) is 37.3 Å². The van der Waals surface area contributed by atoms with Crippen LogP contribution in [0.4, 0.5) is 8.78 Å². The highest BCUT2D eigenvalue weighted by atomic mass is 79.9. The lowest BCUT2D eigenvalue weighted by atomic mass is 9.79. The van der Waals surface area contributed by atoms with E-state index in [1.807, 2.05) is 0 Å². The third-order valence-electron chi connectivity index (χ3n) is 4.45. The summed E-state index contributed by atoms with van der Waals surface area (Å²) in [6, 6.07) is 4.12. The van der Waals surface area contributed by atoms with Crippen molar-refractivity contribution in [1.29, 1.82) is 0 Å². The van der Waals surface area contributed by atoms with Gasteiger partial charge in [-0.3, -0.25) is 4.79 Å². The number of sulfonamides is 1. The van der Waals surface area contributed by atoms with Crippen molar-refractivity contribution in [3.8, 4) is 0 Å². The summed E-state index contributed by atoms with van der Waals surface area (Å²) in [4.78, 5) is 12.4. The summed E-state index contributed by atoms with van der Waals surface area (Å²) in [5.41, 5.74) is -0.274. The summed E-state index contributed by atoms with van der Waals surface area (Å²) in [6.07, 6.45) is 0.0584. The topological polar surface area (TPSA) is 72.5 Å². The molecule has 0 spiro atoms. The molecule has 0 unspecified atom stereocenters. The number of esters is 1. The molecule has 1 fully saturated rings. The molecule has 1 aromatic rings. The normalized spacial score (nSPS) is 23.8. The van der Waals surface area contributed by atoms with E-state index in [2.05, 4.69) is 20.7 Å². The molecule has 0 aliphatic heterocycles. The number of benzene rings is 1. The summed E-state index contributed by atoms with van der Waals surface area (Å²) in [7, 11) is -2.09. The Balaban J connectivity index is 2.25. The van der Waals surface area contributed by atoms with Gasteiger partial charge in [0, 0.05) is 16.1 Å². The third-order valence-corrected chi connectivity index (χ3v) is 5.90. The number of methoxy groups -OCH3 is 1. The van der Waals surface area contributed by atoms with E-state index in [0.717, 1.165) is 6.26 Å². The number of hydrogen-bond donors (Lipinski definition) is 1. The highest BCUT2D eigenvalue weighted by molar-refractivity contribution is 9.10. The van der Waals surface area contributed by atoms with Crippen LogP contribution < -0.4 is 4.72 Å². The van der Waals surface area contributed by atoms with Crippen LogP contribution in [0.25, 0.3) is 0 Å². The van der Waals surface area contributed by atoms with Crippen molar-refractivity contribution in [2.45, 2.75) is 38.2 Å². The fourth-order valence-corrected chi connectivity index (χ4v) is 4.82. The Labute approximate surface area is 154 Å². The van der Waals surface area contributed by atoms with Gasteiger partial charge < -0.3 is 4.74 Å². The smallest absolute Gasteiger partial charge is 0.312 e. The fraction of sp³-hybridized carbons (Fsp3) is 0.562. The summed E-state index contributed by atoms with van der Waals surface area (Å²) in [6.45, 7) is 0. The van der Waals surface area contributed by atoms with E-state index < -0.39 is 27.8 Å². The van der Waals surface area contributed by atoms with Crippen molar-refractivity contribution in [2.75, 3.05) is 13.4 Å². The lowest BCUT2D eigenvalue weighted by Gasteiger charge is -2.27. The zero-order valence-electron chi connectivity index (χ0n) is 13.9. The summed E-state index contributed by atoms with van der Waals surface area (Å²) < 4.78 is 56.3. The Morgan fingerprint density at radius 2 is 2.16 bits per heavy atom. The number of alkyl halides is 2. The standard InChI is InChI=1S/C16H20BrF2NO4S/c1-24-15(21)16(6-5-11(9-16)20-25(2,22)23)8-10-3-4-12(14(18)19)13(17)7-10/h3-4,7,11,14,20H,5-6,8-9H2,1-2H3/t11-,16+/m0/s1. The first kappa shape index (κ1) is 20.3. The number of carbonyl (C=O) groups is 1. The second-order valence-corrected chi connectivity index (χ2v) is 9.07. The minimum Gasteiger partial charge on any atom is -0.469 e. The molecule has 1 aromatic carbocycles. The number of rotatable bonds is 6. The summed E-state index contributed by atoms with van der Waals surface area (Å²) in [5.74, 6) is -0.417. The maximum absolute atomic E-state index is 12.9. The van der Waals surface area contributed by atoms with E-state index in [9.17, 15) is 22.0 Å². The van der Waals surface area contributed by atoms with Crippen LogP contribution in [0.5, 0.6) is 0 Å². The minimum atomic E-state index is -3.38. The van der Waals surface area contributed by atoms with Crippen LogP contribution in [0.2, 0.25) is 0 Å². The molecule has 0 amide bonds. The number of ether oxygens (including phenoxy) is 1. The Kier molecular flexibility index (Phi) is 6.22. The number of carbonyl (C=O) groups excluding carboxylic acids is 1. The molecule has 140 valence electrons. The molecular formula is C16H20BrF2NO4S. The van der Waals surface area contributed by atoms with Crippen LogP contribution in [0.1, 0.15) is 36.8 Å². The van der Waals surface area contributed by atoms with Crippen LogP contribution in [-0.4, -0.2) is 33.8 Å². The van der Waals surface area contributed by atoms with Gasteiger partial charge in [-0.15, -0.1) is 0 Å². The van der Waals surface area contributed by atoms with E-state index >= 15 is 0 Å². The van der Waals surface area contributed by atoms with Crippen LogP contribution in [0.15, 0.2) is 22.7 Å². The lowest BCUT2D eigenvalue weighted by molar-refractivity contribution is -0.152. The van der Waals surface area contributed by atoms with Crippen LogP contribution in [0.3, 0.4) is 0 Å². The van der Waals surface area contributed by atoms with Crippen molar-refractivity contribution in [3.05, 3.63) is 33.8 Å². The zero-order chi connectivity index (χ0) is 18.8. The van der Waals surface area contributed by atoms with E-state index in [-0.39, 0.29) is 16.1 Å². The molecule has 2 atom stereocenters. The SMILES string of the molecule is COC(=O)[C@@]1(Cc2ccc(C(F)F)c(Br)c2)CC[C@H](NS(C)(=O)=O)C1. The average molecular weight is 440 g/mol. The monoisotopic (exact) mass is 439 g/mol. The van der Waals surface area contributed by atoms with Crippen LogP contribution >= 0.6 is 15.9 Å². The number of nitrogens with one attached hydrogen (secondary N) is 1. The van der Waals surface area contributed by atoms with Gasteiger partial charge in [0.15, 0.2) is 0 Å². The Morgan fingerprint density at radius 3 is 2.68 bits per heavy atom. The number of halogens is 3. The van der Waals surface area contributed by atoms with Crippen molar-refractivity contribution in [1.82, 2.24) is 4.72 Å². The molecule has 0 bridgehead atoms. The molecule has 5 nitrogen and oxygen atoms in total. The second-order valence-electron chi connectivity index (χ2n) is 6.43. The molecule has 0 saturated heterocycles. The van der Waals surface area contributed by atoms with Gasteiger partial charge in [-0.25, -0.2) is 21.9 Å². The van der Waals surface area contributed by atoms with Crippen molar-refractivity contribution in [3.63, 3.8) is 0 Å². The van der Waals surface area contributed by atoms with Crippen molar-refractivity contribution >= 4 is 31.9 Å². The quantitative estimate of drug-likeness (QED) is 0.690. The third kappa shape index (κ3) is 4.98. The predicted molar refractivity (Wildman–Crippen MR) is 92.9 cm³/mol. The first-order chi connectivity index (χ1) is 11.6. The summed E-state index contributed by atoms with van der Waals surface area (Å²) in [5, 5.41) is 0. The van der Waals surface area contributed by atoms with Crippen LogP contribution in [0, 0.1) is 5.41 Å². The fourth-order valence-electron chi connectivity index (χ4n) is 3.41. The largest absolute Gasteiger partial charge is 0.469 e. The maximum atomic E-state index is 12.9. The van der Waals surface area contributed by atoms with E-state index in [4.69, 9.17) is 4.74 Å². The van der Waals surface area contributed by atoms with E-state index in [1.165, 1.54) is 13.2 Å². The molecule has 0 aromatic heterocycles. The second kappa shape index (κ2) is 7.67. The molecule has 25 heavy (non-hydrogen) atoms. The molecule has 2 rings (SSSR count). The molecule has 0 radical (unpaired) electrons. The van der Waals surface area contributed by atoms with Crippen molar-refractivity contribution in [2.24, 2.45) is 5.41 Å². The van der Waals surface area contributed by atoms with Gasteiger partial charge >= 0.3 is 5.97 Å². The average Bonchev–Trinajstić information content (AvgIpc) is 2.88. The molecule has 1 aliphatic rings. The van der Waals surface area contributed by atoms with E-state index in [1.54, 1.807) is 12.1 Å². The molecule has 1 saturated carbocycles. The van der Waals surface area contributed by atoms with E-state index in [0.29, 0.717) is 31.2 Å². The van der Waals surface area contributed by atoms with Crippen molar-refractivity contribution < 1.29 is 26.7 Å². The van der Waals surface area contributed by atoms with Gasteiger partial charge in [0.25, 0.3) is 6.43 Å². The Hall–Kier alpha value is -1.06. The highest BCUT2D eigenvalue weighted by Crippen LogP contribution is 2.43. The highest BCUT2D eigenvalue weighted by Gasteiger charge is 2.46. The summed E-state index contributed by atoms with van der Waals surface area (Å²) >= 11 is 3.13. The minimum absolute atomic E-state index is 0.112.